The first-order valence-electron chi connectivity index (χ1n) is 6.95. The summed E-state index contributed by atoms with van der Waals surface area (Å²) in [6, 6.07) is 0. The molecule has 18 heavy (non-hydrogen) atoms. The van der Waals surface area contributed by atoms with Gasteiger partial charge in [-0.1, -0.05) is 0 Å². The van der Waals surface area contributed by atoms with Crippen molar-refractivity contribution in [3.05, 3.63) is 0 Å². The third-order valence-electron chi connectivity index (χ3n) is 2.55. The van der Waals surface area contributed by atoms with Gasteiger partial charge in [0.25, 0.3) is 0 Å². The van der Waals surface area contributed by atoms with Gasteiger partial charge in [-0.3, -0.25) is 0 Å². The first-order chi connectivity index (χ1) is 8.77. The van der Waals surface area contributed by atoms with Crippen molar-refractivity contribution < 1.29 is 0 Å². The lowest BCUT2D eigenvalue weighted by molar-refractivity contribution is 0.559. The quantitative estimate of drug-likeness (QED) is 0.160. The summed E-state index contributed by atoms with van der Waals surface area (Å²) < 4.78 is 0.143. The van der Waals surface area contributed by atoms with Crippen LogP contribution in [0.25, 0.3) is 0 Å². The van der Waals surface area contributed by atoms with Crippen LogP contribution >= 0.6 is 25.3 Å². The fourth-order valence-corrected chi connectivity index (χ4v) is 1.80. The lowest BCUT2D eigenvalue weighted by Crippen LogP contribution is -2.26. The summed E-state index contributed by atoms with van der Waals surface area (Å²) in [5.74, 6) is 0. The van der Waals surface area contributed by atoms with Gasteiger partial charge in [0, 0.05) is 6.54 Å². The molecular weight excluding hydrogens is 264 g/mol. The maximum Gasteiger partial charge on any atom is 0.0566 e. The van der Waals surface area contributed by atoms with Crippen LogP contribution < -0.4 is 21.7 Å². The first kappa shape index (κ1) is 18.5. The molecule has 0 fully saturated rings. The van der Waals surface area contributed by atoms with E-state index in [1.165, 1.54) is 12.8 Å². The highest BCUT2D eigenvalue weighted by molar-refractivity contribution is 7.99. The van der Waals surface area contributed by atoms with Crippen molar-refractivity contribution in [2.45, 2.75) is 30.3 Å². The van der Waals surface area contributed by atoms with Gasteiger partial charge in [-0.2, -0.15) is 25.3 Å². The van der Waals surface area contributed by atoms with Gasteiger partial charge >= 0.3 is 0 Å². The molecule has 0 radical (unpaired) electrons. The molecular formula is C12H30N4S2. The van der Waals surface area contributed by atoms with Gasteiger partial charge in [0.15, 0.2) is 0 Å². The molecule has 0 unspecified atom stereocenters. The number of nitrogens with two attached hydrogens (primary N) is 1. The molecule has 0 aliphatic heterocycles. The van der Waals surface area contributed by atoms with Crippen LogP contribution in [0.1, 0.15) is 25.7 Å². The lowest BCUT2D eigenvalue weighted by Gasteiger charge is -2.07. The minimum absolute atomic E-state index is 0.143. The number of nitrogens with one attached hydrogen (secondary N) is 3. The molecule has 0 aromatic heterocycles. The summed E-state index contributed by atoms with van der Waals surface area (Å²) in [6.45, 7) is 7.02. The van der Waals surface area contributed by atoms with Crippen molar-refractivity contribution >= 4 is 25.3 Å². The smallest absolute Gasteiger partial charge is 0.0566 e. The molecule has 0 amide bonds. The Balaban J connectivity index is 2.90. The van der Waals surface area contributed by atoms with Crippen LogP contribution in [0, 0.1) is 0 Å². The van der Waals surface area contributed by atoms with Crippen molar-refractivity contribution in [1.29, 1.82) is 0 Å². The van der Waals surface area contributed by atoms with Gasteiger partial charge < -0.3 is 21.7 Å². The Morgan fingerprint density at radius 2 is 1.22 bits per heavy atom. The number of thiol groups is 2. The van der Waals surface area contributed by atoms with E-state index in [1.54, 1.807) is 0 Å². The Morgan fingerprint density at radius 1 is 0.722 bits per heavy atom. The molecule has 0 aliphatic carbocycles. The van der Waals surface area contributed by atoms with Gasteiger partial charge in [0.2, 0.25) is 0 Å². The summed E-state index contributed by atoms with van der Waals surface area (Å²) in [7, 11) is 0. The number of unbranched alkanes of at least 4 members (excludes halogenated alkanes) is 1. The third-order valence-corrected chi connectivity index (χ3v) is 2.91. The molecule has 0 saturated carbocycles. The zero-order valence-corrected chi connectivity index (χ0v) is 13.1. The lowest BCUT2D eigenvalue weighted by atomic mass is 10.3. The Hall–Kier alpha value is 0.540. The standard InChI is InChI=1S/C12H30N4S2/c13-5-3-8-14-6-1-2-7-15-9-4-10-16-11-12(17)18/h12,14-18H,1-11,13H2. The highest BCUT2D eigenvalue weighted by Crippen LogP contribution is 1.95. The molecule has 110 valence electrons. The molecule has 0 atom stereocenters. The monoisotopic (exact) mass is 294 g/mol. The van der Waals surface area contributed by atoms with Crippen LogP contribution in [0.5, 0.6) is 0 Å². The summed E-state index contributed by atoms with van der Waals surface area (Å²) in [4.78, 5) is 0. The SMILES string of the molecule is NCCCNCCCCNCCCNCC(S)S. The fraction of sp³-hybridized carbons (Fsp3) is 1.00. The summed E-state index contributed by atoms with van der Waals surface area (Å²) in [5.41, 5.74) is 5.41. The molecule has 0 saturated heterocycles. The molecule has 0 aliphatic rings. The Kier molecular flexibility index (Phi) is 16.1. The second kappa shape index (κ2) is 15.6. The number of rotatable bonds is 14. The number of hydrogen-bond donors (Lipinski definition) is 6. The fourth-order valence-electron chi connectivity index (χ4n) is 1.55. The van der Waals surface area contributed by atoms with E-state index in [-0.39, 0.29) is 4.58 Å². The molecule has 0 aromatic rings. The molecule has 6 heteroatoms. The van der Waals surface area contributed by atoms with E-state index < -0.39 is 0 Å². The van der Waals surface area contributed by atoms with Gasteiger partial charge in [0.1, 0.15) is 0 Å². The zero-order valence-electron chi connectivity index (χ0n) is 11.3. The van der Waals surface area contributed by atoms with E-state index in [9.17, 15) is 0 Å². The zero-order chi connectivity index (χ0) is 13.5. The van der Waals surface area contributed by atoms with E-state index in [1.807, 2.05) is 0 Å². The van der Waals surface area contributed by atoms with Crippen molar-refractivity contribution in [2.24, 2.45) is 5.73 Å². The maximum absolute atomic E-state index is 5.41. The van der Waals surface area contributed by atoms with Gasteiger partial charge in [-0.05, 0) is 65.0 Å². The van der Waals surface area contributed by atoms with E-state index >= 15 is 0 Å². The summed E-state index contributed by atoms with van der Waals surface area (Å²) in [5, 5.41) is 10.1. The third kappa shape index (κ3) is 16.5. The van der Waals surface area contributed by atoms with Crippen molar-refractivity contribution in [3.63, 3.8) is 0 Å². The largest absolute Gasteiger partial charge is 0.330 e. The molecule has 0 rings (SSSR count). The summed E-state index contributed by atoms with van der Waals surface area (Å²) >= 11 is 8.37. The minimum atomic E-state index is 0.143. The van der Waals surface area contributed by atoms with Crippen LogP contribution in [-0.4, -0.2) is 50.4 Å². The van der Waals surface area contributed by atoms with Crippen molar-refractivity contribution in [2.75, 3.05) is 45.8 Å². The highest BCUT2D eigenvalue weighted by atomic mass is 32.2. The predicted molar refractivity (Wildman–Crippen MR) is 87.9 cm³/mol. The highest BCUT2D eigenvalue weighted by Gasteiger charge is 1.94. The van der Waals surface area contributed by atoms with Crippen LogP contribution in [-0.2, 0) is 0 Å². The van der Waals surface area contributed by atoms with Gasteiger partial charge in [0.05, 0.1) is 4.58 Å². The maximum atomic E-state index is 5.41. The topological polar surface area (TPSA) is 62.1 Å². The van der Waals surface area contributed by atoms with Gasteiger partial charge in [-0.25, -0.2) is 0 Å². The normalized spacial score (nSPS) is 11.3. The van der Waals surface area contributed by atoms with Crippen LogP contribution in [0.4, 0.5) is 0 Å². The molecule has 4 nitrogen and oxygen atoms in total. The average molecular weight is 295 g/mol. The van der Waals surface area contributed by atoms with E-state index in [2.05, 4.69) is 41.2 Å². The average Bonchev–Trinajstić information content (AvgIpc) is 2.34. The van der Waals surface area contributed by atoms with Gasteiger partial charge in [-0.15, -0.1) is 0 Å². The number of hydrogen-bond acceptors (Lipinski definition) is 6. The second-order valence-corrected chi connectivity index (χ2v) is 6.04. The van der Waals surface area contributed by atoms with Crippen LogP contribution in [0.3, 0.4) is 0 Å². The molecule has 0 bridgehead atoms. The van der Waals surface area contributed by atoms with Crippen molar-refractivity contribution in [1.82, 2.24) is 16.0 Å². The van der Waals surface area contributed by atoms with E-state index in [0.29, 0.717) is 0 Å². The molecule has 5 N–H and O–H groups in total. The Bertz CT molecular complexity index is 159. The van der Waals surface area contributed by atoms with Crippen LogP contribution in [0.15, 0.2) is 0 Å². The van der Waals surface area contributed by atoms with E-state index in [0.717, 1.165) is 58.7 Å². The Morgan fingerprint density at radius 3 is 1.78 bits per heavy atom. The molecule has 0 heterocycles. The van der Waals surface area contributed by atoms with Crippen molar-refractivity contribution in [3.8, 4) is 0 Å². The molecule has 0 aromatic carbocycles. The molecule has 0 spiro atoms. The Labute approximate surface area is 123 Å². The van der Waals surface area contributed by atoms with E-state index in [4.69, 9.17) is 5.73 Å². The second-order valence-electron chi connectivity index (χ2n) is 4.39. The summed E-state index contributed by atoms with van der Waals surface area (Å²) in [6.07, 6.45) is 4.70. The van der Waals surface area contributed by atoms with Crippen LogP contribution in [0.2, 0.25) is 0 Å². The minimum Gasteiger partial charge on any atom is -0.330 e. The predicted octanol–water partition coefficient (Wildman–Crippen LogP) is 0.460. The first-order valence-corrected chi connectivity index (χ1v) is 7.99.